The van der Waals surface area contributed by atoms with E-state index >= 15 is 0 Å². The van der Waals surface area contributed by atoms with Crippen LogP contribution in [0.3, 0.4) is 0 Å². The van der Waals surface area contributed by atoms with Crippen molar-refractivity contribution in [3.05, 3.63) is 35.9 Å². The average Bonchev–Trinajstić information content (AvgIpc) is 2.72. The van der Waals surface area contributed by atoms with Crippen molar-refractivity contribution in [2.24, 2.45) is 0 Å². The molecular weight excluding hydrogens is 380 g/mol. The molecule has 28 heavy (non-hydrogen) atoms. The molecule has 7 nitrogen and oxygen atoms in total. The molecule has 1 aliphatic rings. The number of amides is 1. The summed E-state index contributed by atoms with van der Waals surface area (Å²) in [7, 11) is -2.15. The van der Waals surface area contributed by atoms with Gasteiger partial charge in [-0.3, -0.25) is 4.79 Å². The lowest BCUT2D eigenvalue weighted by Gasteiger charge is -2.33. The first kappa shape index (κ1) is 22.1. The molecule has 1 fully saturated rings. The SMILES string of the molecule is CCN(C(=O)COC(=O)/C=C/c1ccc(S(=O)(=O)NC)cc1)C1CCCCC1. The van der Waals surface area contributed by atoms with Gasteiger partial charge in [-0.05, 0) is 50.6 Å². The zero-order chi connectivity index (χ0) is 20.6. The maximum atomic E-state index is 12.4. The molecule has 0 unspecified atom stereocenters. The Labute approximate surface area is 166 Å². The Morgan fingerprint density at radius 2 is 1.82 bits per heavy atom. The third kappa shape index (κ3) is 6.17. The van der Waals surface area contributed by atoms with Gasteiger partial charge in [-0.25, -0.2) is 17.9 Å². The van der Waals surface area contributed by atoms with Gasteiger partial charge in [-0.2, -0.15) is 0 Å². The van der Waals surface area contributed by atoms with Gasteiger partial charge in [0.1, 0.15) is 0 Å². The van der Waals surface area contributed by atoms with Crippen LogP contribution in [0, 0.1) is 0 Å². The second kappa shape index (κ2) is 10.4. The minimum Gasteiger partial charge on any atom is -0.452 e. The van der Waals surface area contributed by atoms with Crippen LogP contribution in [-0.2, 0) is 24.3 Å². The van der Waals surface area contributed by atoms with Crippen LogP contribution in [0.1, 0.15) is 44.6 Å². The van der Waals surface area contributed by atoms with Gasteiger partial charge in [0.05, 0.1) is 4.90 Å². The van der Waals surface area contributed by atoms with Crippen LogP contribution in [-0.4, -0.2) is 51.4 Å². The first-order valence-electron chi connectivity index (χ1n) is 9.55. The van der Waals surface area contributed by atoms with E-state index in [0.717, 1.165) is 25.7 Å². The number of carbonyl (C=O) groups excluding carboxylic acids is 2. The van der Waals surface area contributed by atoms with Crippen molar-refractivity contribution in [3.63, 3.8) is 0 Å². The topological polar surface area (TPSA) is 92.8 Å². The number of hydrogen-bond acceptors (Lipinski definition) is 5. The standard InChI is InChI=1S/C20H28N2O5S/c1-3-22(17-7-5-4-6-8-17)19(23)15-27-20(24)14-11-16-9-12-18(13-10-16)28(25,26)21-2/h9-14,17,21H,3-8,15H2,1-2H3/b14-11+. The predicted molar refractivity (Wildman–Crippen MR) is 107 cm³/mol. The van der Waals surface area contributed by atoms with E-state index in [1.807, 2.05) is 6.92 Å². The highest BCUT2D eigenvalue weighted by atomic mass is 32.2. The zero-order valence-electron chi connectivity index (χ0n) is 16.4. The normalized spacial score (nSPS) is 15.5. The van der Waals surface area contributed by atoms with E-state index in [-0.39, 0.29) is 23.5 Å². The molecule has 1 aliphatic carbocycles. The molecule has 1 N–H and O–H groups in total. The molecule has 1 saturated carbocycles. The molecule has 1 aromatic carbocycles. The molecule has 0 heterocycles. The number of nitrogens with zero attached hydrogens (tertiary/aromatic N) is 1. The van der Waals surface area contributed by atoms with Crippen molar-refractivity contribution in [2.75, 3.05) is 20.2 Å². The van der Waals surface area contributed by atoms with Crippen LogP contribution < -0.4 is 4.72 Å². The monoisotopic (exact) mass is 408 g/mol. The molecule has 0 aromatic heterocycles. The summed E-state index contributed by atoms with van der Waals surface area (Å²) >= 11 is 0. The van der Waals surface area contributed by atoms with E-state index in [0.29, 0.717) is 12.1 Å². The minimum atomic E-state index is -3.49. The molecule has 2 rings (SSSR count). The third-order valence-electron chi connectivity index (χ3n) is 4.89. The smallest absolute Gasteiger partial charge is 0.331 e. The lowest BCUT2D eigenvalue weighted by molar-refractivity contribution is -0.149. The summed E-state index contributed by atoms with van der Waals surface area (Å²) in [6.45, 7) is 2.28. The number of nitrogens with one attached hydrogen (secondary N) is 1. The van der Waals surface area contributed by atoms with Crippen LogP contribution in [0.15, 0.2) is 35.2 Å². The van der Waals surface area contributed by atoms with E-state index in [2.05, 4.69) is 4.72 Å². The van der Waals surface area contributed by atoms with Crippen LogP contribution in [0.2, 0.25) is 0 Å². The van der Waals surface area contributed by atoms with Gasteiger partial charge in [0.25, 0.3) is 5.91 Å². The number of esters is 1. The van der Waals surface area contributed by atoms with Gasteiger partial charge in [0, 0.05) is 18.7 Å². The maximum absolute atomic E-state index is 12.4. The third-order valence-corrected chi connectivity index (χ3v) is 6.32. The van der Waals surface area contributed by atoms with Gasteiger partial charge in [-0.1, -0.05) is 31.4 Å². The van der Waals surface area contributed by atoms with E-state index in [1.54, 1.807) is 17.0 Å². The summed E-state index contributed by atoms with van der Waals surface area (Å²) in [5.41, 5.74) is 0.649. The number of carbonyl (C=O) groups is 2. The van der Waals surface area contributed by atoms with Gasteiger partial charge >= 0.3 is 5.97 Å². The zero-order valence-corrected chi connectivity index (χ0v) is 17.2. The van der Waals surface area contributed by atoms with Crippen LogP contribution in [0.4, 0.5) is 0 Å². The summed E-state index contributed by atoms with van der Waals surface area (Å²) in [6, 6.07) is 6.31. The number of sulfonamides is 1. The highest BCUT2D eigenvalue weighted by Gasteiger charge is 2.24. The average molecular weight is 409 g/mol. The summed E-state index contributed by atoms with van der Waals surface area (Å²) in [5, 5.41) is 0. The molecule has 154 valence electrons. The minimum absolute atomic E-state index is 0.141. The summed E-state index contributed by atoms with van der Waals surface area (Å²) in [6.07, 6.45) is 8.23. The van der Waals surface area contributed by atoms with Crippen LogP contribution in [0.5, 0.6) is 0 Å². The van der Waals surface area contributed by atoms with Crippen molar-refractivity contribution in [3.8, 4) is 0 Å². The van der Waals surface area contributed by atoms with E-state index in [1.165, 1.54) is 37.8 Å². The van der Waals surface area contributed by atoms with Gasteiger partial charge in [0.15, 0.2) is 6.61 Å². The number of ether oxygens (including phenoxy) is 1. The Bertz CT molecular complexity index is 796. The van der Waals surface area contributed by atoms with Gasteiger partial charge < -0.3 is 9.64 Å². The molecule has 0 spiro atoms. The molecule has 1 aromatic rings. The Kier molecular flexibility index (Phi) is 8.19. The fourth-order valence-electron chi connectivity index (χ4n) is 3.33. The number of rotatable bonds is 8. The van der Waals surface area contributed by atoms with Crippen molar-refractivity contribution in [1.82, 2.24) is 9.62 Å². The van der Waals surface area contributed by atoms with Crippen LogP contribution >= 0.6 is 0 Å². The number of likely N-dealkylation sites (N-methyl/N-ethyl adjacent to an activating group) is 1. The van der Waals surface area contributed by atoms with Crippen molar-refractivity contribution < 1.29 is 22.7 Å². The number of hydrogen-bond donors (Lipinski definition) is 1. The molecule has 0 bridgehead atoms. The Hall–Kier alpha value is -2.19. The quantitative estimate of drug-likeness (QED) is 0.526. The highest BCUT2D eigenvalue weighted by Crippen LogP contribution is 2.22. The summed E-state index contributed by atoms with van der Waals surface area (Å²) in [4.78, 5) is 26.2. The predicted octanol–water partition coefficient (Wildman–Crippen LogP) is 2.33. The van der Waals surface area contributed by atoms with Crippen molar-refractivity contribution >= 4 is 28.0 Å². The Morgan fingerprint density at radius 1 is 1.18 bits per heavy atom. The fraction of sp³-hybridized carbons (Fsp3) is 0.500. The Balaban J connectivity index is 1.86. The van der Waals surface area contributed by atoms with E-state index in [4.69, 9.17) is 4.74 Å². The molecule has 0 atom stereocenters. The van der Waals surface area contributed by atoms with Crippen molar-refractivity contribution in [2.45, 2.75) is 50.0 Å². The first-order chi connectivity index (χ1) is 13.4. The van der Waals surface area contributed by atoms with Gasteiger partial charge in [0.2, 0.25) is 10.0 Å². The van der Waals surface area contributed by atoms with Crippen molar-refractivity contribution in [1.29, 1.82) is 0 Å². The fourth-order valence-corrected chi connectivity index (χ4v) is 4.07. The lowest BCUT2D eigenvalue weighted by Crippen LogP contribution is -2.43. The summed E-state index contributed by atoms with van der Waals surface area (Å²) in [5.74, 6) is -0.780. The number of benzene rings is 1. The highest BCUT2D eigenvalue weighted by molar-refractivity contribution is 7.89. The molecular formula is C20H28N2O5S. The van der Waals surface area contributed by atoms with Crippen LogP contribution in [0.25, 0.3) is 6.08 Å². The second-order valence-electron chi connectivity index (χ2n) is 6.69. The molecule has 0 radical (unpaired) electrons. The second-order valence-corrected chi connectivity index (χ2v) is 8.58. The summed E-state index contributed by atoms with van der Waals surface area (Å²) < 4.78 is 30.7. The maximum Gasteiger partial charge on any atom is 0.331 e. The molecule has 0 aliphatic heterocycles. The first-order valence-corrected chi connectivity index (χ1v) is 11.0. The molecule has 1 amide bonds. The molecule has 8 heteroatoms. The molecule has 0 saturated heterocycles. The van der Waals surface area contributed by atoms with E-state index < -0.39 is 16.0 Å². The lowest BCUT2D eigenvalue weighted by atomic mass is 9.94. The van der Waals surface area contributed by atoms with E-state index in [9.17, 15) is 18.0 Å². The van der Waals surface area contributed by atoms with Gasteiger partial charge in [-0.15, -0.1) is 0 Å². The largest absolute Gasteiger partial charge is 0.452 e. The Morgan fingerprint density at radius 3 is 2.39 bits per heavy atom.